The van der Waals surface area contributed by atoms with Crippen molar-refractivity contribution in [3.05, 3.63) is 70.8 Å². The molecule has 9 nitrogen and oxygen atoms in total. The Bertz CT molecular complexity index is 1510. The summed E-state index contributed by atoms with van der Waals surface area (Å²) in [5.41, 5.74) is 9.99. The average Bonchev–Trinajstić information content (AvgIpc) is 3.22. The van der Waals surface area contributed by atoms with Crippen LogP contribution in [0.25, 0.3) is 0 Å². The van der Waals surface area contributed by atoms with Crippen LogP contribution in [0.4, 0.5) is 0 Å². The van der Waals surface area contributed by atoms with E-state index < -0.39 is 21.0 Å². The highest BCUT2D eigenvalue weighted by atomic mass is 35.7. The summed E-state index contributed by atoms with van der Waals surface area (Å²) in [6, 6.07) is 17.1. The molecule has 5 N–H and O–H groups in total. The van der Waals surface area contributed by atoms with Gasteiger partial charge in [-0.2, -0.15) is 0 Å². The lowest BCUT2D eigenvalue weighted by Gasteiger charge is -2.31. The fraction of sp³-hybridized carbons (Fsp3) is 0.708. The maximum absolute atomic E-state index is 12.5. The lowest BCUT2D eigenvalue weighted by molar-refractivity contribution is 0.0917. The van der Waals surface area contributed by atoms with E-state index in [2.05, 4.69) is 79.1 Å². The molecule has 13 heteroatoms. The van der Waals surface area contributed by atoms with Crippen LogP contribution in [0.15, 0.2) is 48.5 Å². The van der Waals surface area contributed by atoms with Crippen LogP contribution in [0.5, 0.6) is 0 Å². The molecule has 2 aliphatic carbocycles. The quantitative estimate of drug-likeness (QED) is 0.132. The van der Waals surface area contributed by atoms with Crippen molar-refractivity contribution in [1.29, 1.82) is 0 Å². The standard InChI is InChI=1S/C21H34N2O2S.C17H26N2O.C6H15N.C4H9ClOS.ClH/c1-5-6-7-16-8-10-17(11-9-16)20(24)22-18-12-14-19(15-13-18)23-26(25)21(2,3)4;1-2-3-4-13-5-7-14(8-6-13)17(20)19-16-11-9-15(18)10-12-16;1-4-7(5-2)6-3;1-4(2,3)7(5)6;/h8-11,18-19,23H,5-7,12-15H2,1-4H3,(H,22,24);5-8,15-16H,2-4,9-12,18H2,1H3,(H,19,20);4-6H2,1-3H3;1-3H3;1H. The highest BCUT2D eigenvalue weighted by molar-refractivity contribution is 8.09. The third-order valence-corrected chi connectivity index (χ3v) is 14.9. The zero-order chi connectivity index (χ0) is 45.3. The predicted octanol–water partition coefficient (Wildman–Crippen LogP) is 10.6. The molecule has 0 aromatic heterocycles. The molecule has 0 bridgehead atoms. The molecular weight excluding hydrogens is 846 g/mol. The Morgan fingerprint density at radius 2 is 0.951 bits per heavy atom. The van der Waals surface area contributed by atoms with E-state index in [0.717, 1.165) is 75.3 Å². The molecule has 0 radical (unpaired) electrons. The number of carbonyl (C=O) groups is 2. The molecule has 2 saturated carbocycles. The maximum atomic E-state index is 12.5. The second-order valence-corrected chi connectivity index (χ2v) is 22.7. The van der Waals surface area contributed by atoms with Gasteiger partial charge < -0.3 is 21.3 Å². The predicted molar refractivity (Wildman–Crippen MR) is 267 cm³/mol. The zero-order valence-electron chi connectivity index (χ0n) is 39.7. The van der Waals surface area contributed by atoms with Crippen molar-refractivity contribution in [3.63, 3.8) is 0 Å². The zero-order valence-corrected chi connectivity index (χ0v) is 42.9. The number of amides is 2. The van der Waals surface area contributed by atoms with Gasteiger partial charge in [0.25, 0.3) is 11.8 Å². The first kappa shape index (κ1) is 59.1. The van der Waals surface area contributed by atoms with Gasteiger partial charge in [0.05, 0.1) is 20.5 Å². The monoisotopic (exact) mass is 930 g/mol. The molecule has 0 heterocycles. The number of nitrogens with zero attached hydrogens (tertiary/aromatic N) is 1. The molecule has 352 valence electrons. The number of aryl methyl sites for hydroxylation is 2. The lowest BCUT2D eigenvalue weighted by atomic mass is 9.91. The van der Waals surface area contributed by atoms with Crippen LogP contribution in [-0.2, 0) is 33.8 Å². The number of rotatable bonds is 15. The number of unbranched alkanes of at least 4 members (excludes halogenated alkanes) is 2. The number of nitrogens with two attached hydrogens (primary N) is 1. The van der Waals surface area contributed by atoms with Crippen molar-refractivity contribution < 1.29 is 18.0 Å². The molecule has 0 spiro atoms. The maximum Gasteiger partial charge on any atom is 0.251 e. The summed E-state index contributed by atoms with van der Waals surface area (Å²) in [5, 5.41) is 6.28. The Labute approximate surface area is 388 Å². The molecule has 61 heavy (non-hydrogen) atoms. The number of halogens is 2. The number of hydrogen-bond donors (Lipinski definition) is 4. The van der Waals surface area contributed by atoms with E-state index >= 15 is 0 Å². The van der Waals surface area contributed by atoms with Gasteiger partial charge in [-0.25, -0.2) is 13.1 Å². The van der Waals surface area contributed by atoms with Crippen LogP contribution in [0, 0.1) is 0 Å². The molecule has 2 amide bonds. The van der Waals surface area contributed by atoms with Crippen molar-refractivity contribution >= 4 is 55.9 Å². The smallest absolute Gasteiger partial charge is 0.251 e. The largest absolute Gasteiger partial charge is 0.349 e. The highest BCUT2D eigenvalue weighted by Crippen LogP contribution is 2.22. The van der Waals surface area contributed by atoms with Crippen LogP contribution in [0.1, 0.15) is 185 Å². The normalized spacial score (nSPS) is 19.8. The van der Waals surface area contributed by atoms with Crippen LogP contribution >= 0.6 is 23.1 Å². The van der Waals surface area contributed by atoms with E-state index in [1.807, 2.05) is 65.8 Å². The molecule has 2 atom stereocenters. The van der Waals surface area contributed by atoms with Gasteiger partial charge in [-0.1, -0.05) is 71.7 Å². The van der Waals surface area contributed by atoms with Crippen molar-refractivity contribution in [2.45, 2.75) is 200 Å². The first-order chi connectivity index (χ1) is 28.3. The van der Waals surface area contributed by atoms with Gasteiger partial charge in [0.1, 0.15) is 10.0 Å². The Hall–Kier alpha value is -1.86. The van der Waals surface area contributed by atoms with Gasteiger partial charge in [0.2, 0.25) is 0 Å². The second kappa shape index (κ2) is 31.9. The van der Waals surface area contributed by atoms with E-state index in [0.29, 0.717) is 12.1 Å². The fourth-order valence-electron chi connectivity index (χ4n) is 6.56. The minimum Gasteiger partial charge on any atom is -0.349 e. The molecule has 2 aliphatic rings. The summed E-state index contributed by atoms with van der Waals surface area (Å²) in [5.74, 6) is 0.0641. The molecule has 2 aromatic carbocycles. The van der Waals surface area contributed by atoms with Crippen molar-refractivity contribution in [1.82, 2.24) is 20.3 Å². The van der Waals surface area contributed by atoms with E-state index in [-0.39, 0.29) is 45.8 Å². The third kappa shape index (κ3) is 25.9. The number of nitrogens with one attached hydrogen (secondary N) is 3. The molecule has 0 saturated heterocycles. The van der Waals surface area contributed by atoms with Crippen LogP contribution in [-0.4, -0.2) is 78.4 Å². The summed E-state index contributed by atoms with van der Waals surface area (Å²) >= 11 is 0. The van der Waals surface area contributed by atoms with Gasteiger partial charge in [-0.3, -0.25) is 9.59 Å². The molecule has 2 unspecified atom stereocenters. The molecule has 4 rings (SSSR count). The minimum absolute atomic E-state index is 0. The second-order valence-electron chi connectivity index (χ2n) is 18.2. The summed E-state index contributed by atoms with van der Waals surface area (Å²) < 4.78 is 25.3. The molecule has 0 aliphatic heterocycles. The summed E-state index contributed by atoms with van der Waals surface area (Å²) in [7, 11) is 2.99. The Morgan fingerprint density at radius 3 is 1.23 bits per heavy atom. The van der Waals surface area contributed by atoms with E-state index in [4.69, 9.17) is 16.4 Å². The van der Waals surface area contributed by atoms with Gasteiger partial charge >= 0.3 is 0 Å². The Kier molecular flexibility index (Phi) is 30.9. The summed E-state index contributed by atoms with van der Waals surface area (Å²) in [6.45, 7) is 25.9. The average molecular weight is 931 g/mol. The highest BCUT2D eigenvalue weighted by Gasteiger charge is 2.27. The molecular formula is C48H85Cl2N5O4S2. The van der Waals surface area contributed by atoms with Gasteiger partial charge in [-0.15, -0.1) is 12.4 Å². The Morgan fingerprint density at radius 1 is 0.623 bits per heavy atom. The molecule has 2 aromatic rings. The number of hydrogen-bond acceptors (Lipinski definition) is 6. The van der Waals surface area contributed by atoms with E-state index in [9.17, 15) is 18.0 Å². The summed E-state index contributed by atoms with van der Waals surface area (Å²) in [6.07, 6.45) is 14.7. The van der Waals surface area contributed by atoms with Crippen molar-refractivity contribution in [2.24, 2.45) is 5.73 Å². The van der Waals surface area contributed by atoms with Gasteiger partial charge in [0.15, 0.2) is 0 Å². The minimum atomic E-state index is -1.21. The Balaban J connectivity index is 0.000000904. The van der Waals surface area contributed by atoms with E-state index in [1.54, 1.807) is 0 Å². The van der Waals surface area contributed by atoms with Crippen molar-refractivity contribution in [3.8, 4) is 0 Å². The first-order valence-electron chi connectivity index (χ1n) is 22.8. The topological polar surface area (TPSA) is 134 Å². The van der Waals surface area contributed by atoms with Crippen molar-refractivity contribution in [2.75, 3.05) is 19.6 Å². The van der Waals surface area contributed by atoms with Crippen LogP contribution in [0.3, 0.4) is 0 Å². The molecule has 2 fully saturated rings. The van der Waals surface area contributed by atoms with Crippen LogP contribution < -0.4 is 21.1 Å². The van der Waals surface area contributed by atoms with Gasteiger partial charge in [0, 0.05) is 35.3 Å². The van der Waals surface area contributed by atoms with E-state index in [1.165, 1.54) is 56.4 Å². The van der Waals surface area contributed by atoms with Gasteiger partial charge in [-0.05, 0) is 184 Å². The third-order valence-electron chi connectivity index (χ3n) is 10.9. The summed E-state index contributed by atoms with van der Waals surface area (Å²) in [4.78, 5) is 27.0. The van der Waals surface area contributed by atoms with Crippen LogP contribution in [0.2, 0.25) is 0 Å². The number of benzene rings is 2. The SMILES string of the molecule is CC(C)(C)S(=O)Cl.CCCCc1ccc(C(=O)NC2CCC(N)CC2)cc1.CCCCc1ccc(C(=O)NC2CCC(NS(=O)C(C)(C)C)CC2)cc1.CCN(CC)CC.Cl. The lowest BCUT2D eigenvalue weighted by Crippen LogP contribution is -2.45. The first-order valence-corrected chi connectivity index (χ1v) is 25.9. The number of carbonyl (C=O) groups excluding carboxylic acids is 2. The fourth-order valence-corrected chi connectivity index (χ4v) is 7.45.